The summed E-state index contributed by atoms with van der Waals surface area (Å²) >= 11 is 0. The Labute approximate surface area is 106 Å². The molecule has 0 fully saturated rings. The van der Waals surface area contributed by atoms with Gasteiger partial charge in [-0.15, -0.1) is 0 Å². The quantitative estimate of drug-likeness (QED) is 0.645. The molecular formula is C5H8O7V2-10. The van der Waals surface area contributed by atoms with Crippen molar-refractivity contribution in [2.75, 3.05) is 0 Å². The van der Waals surface area contributed by atoms with Gasteiger partial charge in [0, 0.05) is 37.1 Å². The van der Waals surface area contributed by atoms with E-state index in [2.05, 4.69) is 0 Å². The van der Waals surface area contributed by atoms with E-state index >= 15 is 0 Å². The fourth-order valence-corrected chi connectivity index (χ4v) is 0.351. The van der Waals surface area contributed by atoms with Crippen molar-refractivity contribution in [3.63, 3.8) is 0 Å². The van der Waals surface area contributed by atoms with Gasteiger partial charge < -0.3 is 27.4 Å². The summed E-state index contributed by atoms with van der Waals surface area (Å²) in [6.07, 6.45) is 0.0833. The molecule has 9 heteroatoms. The van der Waals surface area contributed by atoms with Gasteiger partial charge >= 0.3 is 0 Å². The molecule has 0 N–H and O–H groups in total. The third-order valence-electron chi connectivity index (χ3n) is 0.498. The van der Waals surface area contributed by atoms with E-state index < -0.39 is 0 Å². The summed E-state index contributed by atoms with van der Waals surface area (Å²) in [5.74, 6) is -0.125. The Kier molecular flexibility index (Phi) is 172. The van der Waals surface area contributed by atoms with Gasteiger partial charge in [0.1, 0.15) is 11.6 Å². The monoisotopic (exact) mass is 282 g/mol. The minimum atomic E-state index is -0.0625. The predicted octanol–water partition coefficient (Wildman–Crippen LogP) is -0.0445. The molecule has 0 aromatic carbocycles. The second-order valence-corrected chi connectivity index (χ2v) is 1.58. The molecule has 0 aliphatic heterocycles. The van der Waals surface area contributed by atoms with E-state index in [1.54, 1.807) is 0 Å². The zero-order chi connectivity index (χ0) is 5.86. The van der Waals surface area contributed by atoms with Crippen LogP contribution in [-0.2, 0) is 74.1 Å². The van der Waals surface area contributed by atoms with Crippen molar-refractivity contribution in [3.8, 4) is 0 Å². The number of carbonyl (C=O) groups is 2. The average Bonchev–Trinajstić information content (AvgIpc) is 1.27. The summed E-state index contributed by atoms with van der Waals surface area (Å²) in [5, 5.41) is 0. The number of carbonyl (C=O) groups excluding carboxylic acids is 2. The Morgan fingerprint density at radius 3 is 0.857 bits per heavy atom. The molecule has 0 bridgehead atoms. The van der Waals surface area contributed by atoms with Crippen molar-refractivity contribution >= 4 is 11.6 Å². The standard InChI is InChI=1S/C5H8O2.5O.2V/c1-4(6)3-5(2)7;;;;;;;/h3H2,1-2H3;;;;;;;/q;5*-2;;. The maximum Gasteiger partial charge on any atom is 0.137 e. The van der Waals surface area contributed by atoms with Crippen molar-refractivity contribution in [1.29, 1.82) is 0 Å². The van der Waals surface area contributed by atoms with Crippen LogP contribution < -0.4 is 0 Å². The Morgan fingerprint density at radius 1 is 0.714 bits per heavy atom. The maximum absolute atomic E-state index is 10.0. The van der Waals surface area contributed by atoms with Crippen molar-refractivity contribution in [3.05, 3.63) is 0 Å². The topological polar surface area (TPSA) is 177 Å². The largest absolute Gasteiger partial charge is 2.00 e. The van der Waals surface area contributed by atoms with Gasteiger partial charge in [0.05, 0.1) is 6.42 Å². The van der Waals surface area contributed by atoms with Gasteiger partial charge in [-0.3, -0.25) is 9.59 Å². The number of hydrogen-bond acceptors (Lipinski definition) is 2. The molecule has 0 amide bonds. The zero-order valence-electron chi connectivity index (χ0n) is 7.46. The average molecular weight is 282 g/mol. The fraction of sp³-hybridized carbons (Fsp3) is 0.600. The maximum atomic E-state index is 10.0. The van der Waals surface area contributed by atoms with Crippen LogP contribution in [0, 0.1) is 0 Å². The summed E-state index contributed by atoms with van der Waals surface area (Å²) in [5.41, 5.74) is 0. The molecule has 7 nitrogen and oxygen atoms in total. The van der Waals surface area contributed by atoms with Crippen LogP contribution >= 0.6 is 0 Å². The molecule has 0 spiro atoms. The summed E-state index contributed by atoms with van der Waals surface area (Å²) in [6.45, 7) is 2.81. The summed E-state index contributed by atoms with van der Waals surface area (Å²) in [4.78, 5) is 20.1. The number of rotatable bonds is 2. The first-order valence-corrected chi connectivity index (χ1v) is 2.12. The predicted molar refractivity (Wildman–Crippen MR) is 29.4 cm³/mol. The van der Waals surface area contributed by atoms with Crippen LogP contribution in [0.4, 0.5) is 0 Å². The second kappa shape index (κ2) is 37.7. The fourth-order valence-electron chi connectivity index (χ4n) is 0.351. The van der Waals surface area contributed by atoms with Gasteiger partial charge in [0.2, 0.25) is 0 Å². The molecule has 0 rings (SSSR count). The number of ketones is 2. The van der Waals surface area contributed by atoms with Crippen LogP contribution in [-0.4, -0.2) is 11.6 Å². The van der Waals surface area contributed by atoms with Crippen LogP contribution in [0.1, 0.15) is 20.3 Å². The summed E-state index contributed by atoms with van der Waals surface area (Å²) in [7, 11) is 0. The molecule has 0 saturated heterocycles. The Hall–Kier alpha value is 0.309. The molecule has 0 aromatic heterocycles. The van der Waals surface area contributed by atoms with Gasteiger partial charge in [0.15, 0.2) is 0 Å². The van der Waals surface area contributed by atoms with Crippen LogP contribution in [0.5, 0.6) is 0 Å². The first kappa shape index (κ1) is 63.7. The molecular weight excluding hydrogens is 274 g/mol. The van der Waals surface area contributed by atoms with E-state index in [0.717, 1.165) is 0 Å². The molecule has 0 unspecified atom stereocenters. The van der Waals surface area contributed by atoms with Gasteiger partial charge in [-0.05, 0) is 13.8 Å². The van der Waals surface area contributed by atoms with E-state index in [1.807, 2.05) is 0 Å². The van der Waals surface area contributed by atoms with E-state index in [0.29, 0.717) is 0 Å². The van der Waals surface area contributed by atoms with Gasteiger partial charge in [0.25, 0.3) is 0 Å². The van der Waals surface area contributed by atoms with Gasteiger partial charge in [-0.2, -0.15) is 0 Å². The van der Waals surface area contributed by atoms with Crippen LogP contribution in [0.25, 0.3) is 0 Å². The Morgan fingerprint density at radius 2 is 0.857 bits per heavy atom. The van der Waals surface area contributed by atoms with Gasteiger partial charge in [-0.1, -0.05) is 0 Å². The van der Waals surface area contributed by atoms with Crippen LogP contribution in [0.2, 0.25) is 0 Å². The minimum Gasteiger partial charge on any atom is -2.00 e. The Balaban J connectivity index is -0.00000000857. The summed E-state index contributed by atoms with van der Waals surface area (Å²) < 4.78 is 0. The smallest absolute Gasteiger partial charge is 0.137 e. The SMILES string of the molecule is CC(=O)CC(C)=O.[O-2].[O-2].[O-2].[O-2].[O-2].[V].[V]. The molecule has 90 valence electrons. The molecule has 0 aromatic rings. The number of Topliss-reactive ketones (excluding diaryl/α,β-unsaturated/α-hetero) is 2. The first-order chi connectivity index (χ1) is 3.13. The zero-order valence-corrected chi connectivity index (χ0v) is 10.3. The molecule has 0 heterocycles. The second-order valence-electron chi connectivity index (χ2n) is 1.58. The Bertz CT molecular complexity index is 96.3. The van der Waals surface area contributed by atoms with Crippen LogP contribution in [0.3, 0.4) is 0 Å². The van der Waals surface area contributed by atoms with Crippen molar-refractivity contribution in [1.82, 2.24) is 0 Å². The molecule has 2 radical (unpaired) electrons. The van der Waals surface area contributed by atoms with Crippen LogP contribution in [0.15, 0.2) is 0 Å². The van der Waals surface area contributed by atoms with E-state index in [-0.39, 0.29) is 82.5 Å². The summed E-state index contributed by atoms with van der Waals surface area (Å²) in [6, 6.07) is 0. The van der Waals surface area contributed by atoms with E-state index in [1.165, 1.54) is 13.8 Å². The van der Waals surface area contributed by atoms with Crippen molar-refractivity contribution < 1.29 is 74.1 Å². The molecule has 0 aliphatic rings. The molecule has 0 atom stereocenters. The van der Waals surface area contributed by atoms with Crippen molar-refractivity contribution in [2.24, 2.45) is 0 Å². The van der Waals surface area contributed by atoms with E-state index in [4.69, 9.17) is 0 Å². The minimum absolute atomic E-state index is 0. The molecule has 0 aliphatic carbocycles. The van der Waals surface area contributed by atoms with Crippen molar-refractivity contribution in [2.45, 2.75) is 20.3 Å². The molecule has 14 heavy (non-hydrogen) atoms. The van der Waals surface area contributed by atoms with E-state index in [9.17, 15) is 9.59 Å². The van der Waals surface area contributed by atoms with Gasteiger partial charge in [-0.25, -0.2) is 0 Å². The third-order valence-corrected chi connectivity index (χ3v) is 0.498. The number of hydrogen-bond donors (Lipinski definition) is 0. The third kappa shape index (κ3) is 84.8. The molecule has 0 saturated carbocycles. The normalized spacial score (nSPS) is 4.14. The first-order valence-electron chi connectivity index (χ1n) is 2.12.